The average molecular weight is 722 g/mol. The van der Waals surface area contributed by atoms with E-state index in [1.165, 1.54) is 7.11 Å². The van der Waals surface area contributed by atoms with Crippen molar-refractivity contribution in [1.82, 2.24) is 35.1 Å². The number of alkyl carbamates (subject to hydrolysis) is 1. The summed E-state index contributed by atoms with van der Waals surface area (Å²) in [7, 11) is 1.25. The van der Waals surface area contributed by atoms with Gasteiger partial charge in [-0.05, 0) is 73.8 Å². The third-order valence-corrected chi connectivity index (χ3v) is 11.4. The van der Waals surface area contributed by atoms with Crippen molar-refractivity contribution in [1.29, 1.82) is 0 Å². The summed E-state index contributed by atoms with van der Waals surface area (Å²) in [5, 5.41) is 2.65. The number of rotatable bonds is 8. The maximum Gasteiger partial charge on any atom is 0.407 e. The molecule has 2 aromatic carbocycles. The summed E-state index contributed by atoms with van der Waals surface area (Å²) in [5.74, 6) is 7.73. The monoisotopic (exact) mass is 721 g/mol. The van der Waals surface area contributed by atoms with Crippen molar-refractivity contribution in [2.75, 3.05) is 13.7 Å². The van der Waals surface area contributed by atoms with Crippen LogP contribution < -0.4 is 5.32 Å². The van der Waals surface area contributed by atoms with Crippen LogP contribution in [0.3, 0.4) is 0 Å². The fraction of sp³-hybridized carbons (Fsp3) is 0.488. The second kappa shape index (κ2) is 14.7. The van der Waals surface area contributed by atoms with Gasteiger partial charge in [0, 0.05) is 35.3 Å². The van der Waals surface area contributed by atoms with Gasteiger partial charge in [-0.1, -0.05) is 58.6 Å². The van der Waals surface area contributed by atoms with E-state index in [4.69, 9.17) is 14.7 Å². The summed E-state index contributed by atoms with van der Waals surface area (Å²) in [4.78, 5) is 59.2. The van der Waals surface area contributed by atoms with Gasteiger partial charge in [0.05, 0.1) is 42.0 Å². The molecule has 11 nitrogen and oxygen atoms in total. The van der Waals surface area contributed by atoms with Crippen LogP contribution in [-0.2, 0) is 14.3 Å². The Balaban J connectivity index is 1.06. The molecule has 1 saturated carbocycles. The maximum atomic E-state index is 15.1. The van der Waals surface area contributed by atoms with Gasteiger partial charge in [0.2, 0.25) is 11.8 Å². The second-order valence-corrected chi connectivity index (χ2v) is 15.4. The van der Waals surface area contributed by atoms with Crippen LogP contribution in [-0.4, -0.2) is 79.6 Å². The molecule has 3 N–H and O–H groups in total. The first-order valence-electron chi connectivity index (χ1n) is 18.7. The molecule has 2 bridgehead atoms. The Labute approximate surface area is 309 Å². The normalized spacial score (nSPS) is 23.4. The van der Waals surface area contributed by atoms with E-state index in [0.29, 0.717) is 24.2 Å². The van der Waals surface area contributed by atoms with Crippen molar-refractivity contribution in [3.05, 3.63) is 71.4 Å². The molecule has 53 heavy (non-hydrogen) atoms. The number of halogens is 1. The Morgan fingerprint density at radius 2 is 1.68 bits per heavy atom. The van der Waals surface area contributed by atoms with E-state index < -0.39 is 30.4 Å². The number of carbonyl (C=O) groups is 3. The number of ether oxygens (including phenoxy) is 1. The molecule has 2 saturated heterocycles. The number of alkyl halides is 1. The molecule has 2 aromatic heterocycles. The standard InChI is InChI=1S/C41H48FN7O4/c1-22(2)24(5)39(50)48-17-7-8-33(48)37-43-21-32(46-37)27-14-11-25(12-15-27)9-10-26-13-16-30-31(18-26)45-38(44-30)36-28-19-29(42)34(20-28)49(36)40(51)35(23(3)4)47-41(52)53-6/h11-16,18,21-24,28-29,33-36H,7-8,17,19-20H2,1-6H3,(H,43,46)(H,44,45)(H,47,52)/t24-,28-,29-,33-,34-,35-,36-/m0/s1. The molecule has 3 amide bonds. The van der Waals surface area contributed by atoms with E-state index in [1.807, 2.05) is 74.3 Å². The number of fused-ring (bicyclic) bond motifs is 3. The lowest BCUT2D eigenvalue weighted by molar-refractivity contribution is -0.141. The minimum atomic E-state index is -1.12. The van der Waals surface area contributed by atoms with Gasteiger partial charge in [-0.25, -0.2) is 19.2 Å². The number of carbonyl (C=O) groups excluding carboxylic acids is 3. The molecule has 278 valence electrons. The first-order chi connectivity index (χ1) is 25.4. The molecule has 7 atom stereocenters. The summed E-state index contributed by atoms with van der Waals surface area (Å²) in [6.07, 6.45) is 2.86. The molecular formula is C41H48FN7O4. The van der Waals surface area contributed by atoms with E-state index in [0.717, 1.165) is 53.1 Å². The molecule has 7 rings (SSSR count). The number of nitrogens with one attached hydrogen (secondary N) is 3. The lowest BCUT2D eigenvalue weighted by Crippen LogP contribution is -2.55. The summed E-state index contributed by atoms with van der Waals surface area (Å²) >= 11 is 0. The zero-order chi connectivity index (χ0) is 37.6. The van der Waals surface area contributed by atoms with Crippen LogP contribution in [0.1, 0.15) is 95.2 Å². The maximum absolute atomic E-state index is 15.1. The fourth-order valence-corrected chi connectivity index (χ4v) is 8.12. The number of imidazole rings is 2. The Bertz CT molecular complexity index is 2060. The topological polar surface area (TPSA) is 136 Å². The Kier molecular flexibility index (Phi) is 10.0. The van der Waals surface area contributed by atoms with Gasteiger partial charge in [0.1, 0.15) is 23.9 Å². The van der Waals surface area contributed by atoms with Gasteiger partial charge in [0.15, 0.2) is 0 Å². The van der Waals surface area contributed by atoms with Crippen molar-refractivity contribution < 1.29 is 23.5 Å². The van der Waals surface area contributed by atoms with Crippen molar-refractivity contribution >= 4 is 28.9 Å². The van der Waals surface area contributed by atoms with Gasteiger partial charge in [0.25, 0.3) is 0 Å². The highest BCUT2D eigenvalue weighted by Gasteiger charge is 2.56. The number of likely N-dealkylation sites (tertiary alicyclic amines) is 2. The molecule has 3 aliphatic rings. The predicted octanol–water partition coefficient (Wildman–Crippen LogP) is 6.69. The van der Waals surface area contributed by atoms with Crippen LogP contribution in [0.2, 0.25) is 0 Å². The third-order valence-electron chi connectivity index (χ3n) is 11.4. The number of methoxy groups -OCH3 is 1. The number of aromatic nitrogens is 4. The molecule has 1 aliphatic carbocycles. The molecule has 4 aromatic rings. The van der Waals surface area contributed by atoms with Crippen LogP contribution in [0, 0.1) is 35.5 Å². The number of hydrogen-bond acceptors (Lipinski definition) is 6. The summed E-state index contributed by atoms with van der Waals surface area (Å²) in [6.45, 7) is 10.6. The van der Waals surface area contributed by atoms with Crippen LogP contribution >= 0.6 is 0 Å². The predicted molar refractivity (Wildman–Crippen MR) is 199 cm³/mol. The van der Waals surface area contributed by atoms with Gasteiger partial charge in [-0.15, -0.1) is 0 Å². The second-order valence-electron chi connectivity index (χ2n) is 15.4. The largest absolute Gasteiger partial charge is 0.453 e. The fourth-order valence-electron chi connectivity index (χ4n) is 8.12. The number of nitrogens with zero attached hydrogens (tertiary/aromatic N) is 4. The van der Waals surface area contributed by atoms with E-state index in [9.17, 15) is 14.4 Å². The van der Waals surface area contributed by atoms with Crippen molar-refractivity contribution in [3.63, 3.8) is 0 Å². The van der Waals surface area contributed by atoms with Crippen molar-refractivity contribution in [3.8, 4) is 23.1 Å². The number of piperidine rings is 1. The van der Waals surface area contributed by atoms with E-state index in [1.54, 1.807) is 4.90 Å². The number of amides is 3. The van der Waals surface area contributed by atoms with Crippen LogP contribution in [0.15, 0.2) is 48.7 Å². The van der Waals surface area contributed by atoms with Gasteiger partial charge < -0.3 is 29.8 Å². The van der Waals surface area contributed by atoms with Crippen LogP contribution in [0.4, 0.5) is 9.18 Å². The van der Waals surface area contributed by atoms with E-state index in [2.05, 4.69) is 41.0 Å². The Morgan fingerprint density at radius 1 is 0.943 bits per heavy atom. The highest BCUT2D eigenvalue weighted by molar-refractivity contribution is 5.87. The molecule has 4 heterocycles. The average Bonchev–Trinajstić information content (AvgIpc) is 3.99. The number of benzene rings is 2. The Hall–Kier alpha value is -5.18. The SMILES string of the molecule is COC(=O)N[C@H](C(=O)N1[C@H](c2nc3cc(C#Cc4ccc(-c5c[nH]c([C@@H]6CCCN6C(=O)[C@@H](C)C(C)C)n5)cc4)ccc3[nH]2)[C@H]2C[C@H](F)[C@@H]1C2)C(C)C. The lowest BCUT2D eigenvalue weighted by Gasteiger charge is -2.38. The smallest absolute Gasteiger partial charge is 0.407 e. The van der Waals surface area contributed by atoms with Crippen LogP contribution in [0.5, 0.6) is 0 Å². The summed E-state index contributed by atoms with van der Waals surface area (Å²) in [5.41, 5.74) is 4.92. The zero-order valence-corrected chi connectivity index (χ0v) is 31.2. The molecule has 2 aliphatic heterocycles. The first kappa shape index (κ1) is 36.2. The minimum Gasteiger partial charge on any atom is -0.453 e. The molecule has 0 radical (unpaired) electrons. The van der Waals surface area contributed by atoms with E-state index >= 15 is 4.39 Å². The van der Waals surface area contributed by atoms with Crippen molar-refractivity contribution in [2.45, 2.75) is 90.6 Å². The summed E-state index contributed by atoms with van der Waals surface area (Å²) < 4.78 is 19.8. The first-order valence-corrected chi connectivity index (χ1v) is 18.7. The highest BCUT2D eigenvalue weighted by Crippen LogP contribution is 2.51. The minimum absolute atomic E-state index is 0.0267. The molecule has 0 unspecified atom stereocenters. The number of H-pyrrole nitrogens is 2. The summed E-state index contributed by atoms with van der Waals surface area (Å²) in [6, 6.07) is 11.8. The quantitative estimate of drug-likeness (QED) is 0.174. The molecule has 0 spiro atoms. The number of hydrogen-bond donors (Lipinski definition) is 3. The van der Waals surface area contributed by atoms with Gasteiger partial charge >= 0.3 is 6.09 Å². The Morgan fingerprint density at radius 3 is 2.40 bits per heavy atom. The highest BCUT2D eigenvalue weighted by atomic mass is 19.1. The molecule has 12 heteroatoms. The zero-order valence-electron chi connectivity index (χ0n) is 31.2. The van der Waals surface area contributed by atoms with E-state index in [-0.39, 0.29) is 41.5 Å². The number of aromatic amines is 2. The third kappa shape index (κ3) is 7.01. The molecular weight excluding hydrogens is 673 g/mol. The van der Waals surface area contributed by atoms with Crippen LogP contribution in [0.25, 0.3) is 22.3 Å². The van der Waals surface area contributed by atoms with Gasteiger partial charge in [-0.3, -0.25) is 9.59 Å². The van der Waals surface area contributed by atoms with Gasteiger partial charge in [-0.2, -0.15) is 0 Å². The lowest BCUT2D eigenvalue weighted by atomic mass is 9.95. The van der Waals surface area contributed by atoms with Crippen molar-refractivity contribution in [2.24, 2.45) is 23.7 Å². The molecule has 3 fully saturated rings.